The van der Waals surface area contributed by atoms with Gasteiger partial charge in [0.1, 0.15) is 11.5 Å². The van der Waals surface area contributed by atoms with E-state index in [9.17, 15) is 0 Å². The first-order chi connectivity index (χ1) is 14.3. The molecule has 1 atom stereocenters. The molecule has 2 aliphatic rings. The van der Waals surface area contributed by atoms with Gasteiger partial charge in [-0.3, -0.25) is 0 Å². The maximum atomic E-state index is 5.65. The number of H-pyrrole nitrogens is 2. The lowest BCUT2D eigenvalue weighted by atomic mass is 9.89. The zero-order chi connectivity index (χ0) is 20.1. The van der Waals surface area contributed by atoms with Crippen molar-refractivity contribution in [3.05, 3.63) is 64.6 Å². The SMILES string of the molecule is CCC1CCCCCCCCc2cc1c(/C=C1\N=C(c3ccc[nH]3)C=C1OC)[nH]2. The molecule has 0 radical (unpaired) electrons. The van der Waals surface area contributed by atoms with Gasteiger partial charge in [-0.25, -0.2) is 4.99 Å². The van der Waals surface area contributed by atoms with Gasteiger partial charge in [-0.05, 0) is 61.4 Å². The number of ether oxygens (including phenoxy) is 1. The fourth-order valence-corrected chi connectivity index (χ4v) is 4.58. The molecule has 154 valence electrons. The Hall–Kier alpha value is -2.49. The molecule has 4 heteroatoms. The summed E-state index contributed by atoms with van der Waals surface area (Å²) in [5.74, 6) is 1.43. The Bertz CT molecular complexity index is 899. The van der Waals surface area contributed by atoms with Gasteiger partial charge in [-0.15, -0.1) is 0 Å². The van der Waals surface area contributed by atoms with E-state index in [2.05, 4.69) is 29.0 Å². The molecule has 3 heterocycles. The Labute approximate surface area is 174 Å². The Morgan fingerprint density at radius 2 is 2.00 bits per heavy atom. The molecule has 0 spiro atoms. The standard InChI is InChI=1S/C25H33N3O/c1-3-18-11-8-6-4-5-7-9-12-19-15-20(18)22(27-19)16-24-25(29-2)17-23(28-24)21-13-10-14-26-21/h10,13-18,26-27H,3-9,11-12H2,1-2H3/b24-16-. The van der Waals surface area contributed by atoms with Gasteiger partial charge in [0.25, 0.3) is 0 Å². The van der Waals surface area contributed by atoms with E-state index in [0.717, 1.165) is 29.3 Å². The Morgan fingerprint density at radius 3 is 2.76 bits per heavy atom. The number of nitrogens with zero attached hydrogens (tertiary/aromatic N) is 1. The fourth-order valence-electron chi connectivity index (χ4n) is 4.58. The van der Waals surface area contributed by atoms with Crippen molar-refractivity contribution in [3.63, 3.8) is 0 Å². The van der Waals surface area contributed by atoms with E-state index in [0.29, 0.717) is 5.92 Å². The third-order valence-electron chi connectivity index (χ3n) is 6.25. The average molecular weight is 392 g/mol. The summed E-state index contributed by atoms with van der Waals surface area (Å²) in [5, 5.41) is 0. The van der Waals surface area contributed by atoms with Crippen molar-refractivity contribution < 1.29 is 4.74 Å². The van der Waals surface area contributed by atoms with E-state index in [4.69, 9.17) is 9.73 Å². The highest BCUT2D eigenvalue weighted by Crippen LogP contribution is 2.33. The second-order valence-electron chi connectivity index (χ2n) is 8.25. The highest BCUT2D eigenvalue weighted by atomic mass is 16.5. The number of aryl methyl sites for hydroxylation is 1. The number of hydrogen-bond acceptors (Lipinski definition) is 2. The minimum atomic E-state index is 0.606. The molecule has 2 N–H and O–H groups in total. The molecule has 1 aliphatic carbocycles. The summed E-state index contributed by atoms with van der Waals surface area (Å²) < 4.78 is 5.65. The van der Waals surface area contributed by atoms with Gasteiger partial charge in [0, 0.05) is 23.7 Å². The Balaban J connectivity index is 1.69. The quantitative estimate of drug-likeness (QED) is 0.614. The monoisotopic (exact) mass is 391 g/mol. The highest BCUT2D eigenvalue weighted by molar-refractivity contribution is 6.11. The molecule has 0 saturated heterocycles. The molecule has 0 fully saturated rings. The average Bonchev–Trinajstić information content (AvgIpc) is 3.46. The summed E-state index contributed by atoms with van der Waals surface area (Å²) in [7, 11) is 1.72. The van der Waals surface area contributed by atoms with Crippen LogP contribution in [0.15, 0.2) is 46.9 Å². The van der Waals surface area contributed by atoms with Crippen LogP contribution in [-0.4, -0.2) is 22.8 Å². The number of hydrogen-bond donors (Lipinski definition) is 2. The summed E-state index contributed by atoms with van der Waals surface area (Å²) in [6, 6.07) is 6.45. The molecule has 29 heavy (non-hydrogen) atoms. The second-order valence-corrected chi connectivity index (χ2v) is 8.25. The van der Waals surface area contributed by atoms with Crippen LogP contribution >= 0.6 is 0 Å². The molecule has 0 saturated carbocycles. The van der Waals surface area contributed by atoms with E-state index in [1.807, 2.05) is 24.4 Å². The molecule has 2 bridgehead atoms. The molecule has 4 rings (SSSR count). The van der Waals surface area contributed by atoms with E-state index < -0.39 is 0 Å². The lowest BCUT2D eigenvalue weighted by Crippen LogP contribution is -1.99. The first-order valence-corrected chi connectivity index (χ1v) is 11.2. The largest absolute Gasteiger partial charge is 0.494 e. The van der Waals surface area contributed by atoms with Crippen LogP contribution in [0.1, 0.15) is 86.9 Å². The van der Waals surface area contributed by atoms with Crippen LogP contribution in [0.4, 0.5) is 0 Å². The van der Waals surface area contributed by atoms with Crippen LogP contribution in [0.2, 0.25) is 0 Å². The minimum Gasteiger partial charge on any atom is -0.494 e. The number of rotatable bonds is 4. The van der Waals surface area contributed by atoms with Crippen molar-refractivity contribution in [2.45, 2.75) is 70.6 Å². The Kier molecular flexibility index (Phi) is 6.38. The van der Waals surface area contributed by atoms with Crippen molar-refractivity contribution in [3.8, 4) is 0 Å². The van der Waals surface area contributed by atoms with E-state index in [1.165, 1.54) is 68.3 Å². The predicted octanol–water partition coefficient (Wildman–Crippen LogP) is 6.50. The molecule has 0 aromatic carbocycles. The van der Waals surface area contributed by atoms with Gasteiger partial charge < -0.3 is 14.7 Å². The normalized spacial score (nSPS) is 22.0. The number of aromatic amines is 2. The van der Waals surface area contributed by atoms with Crippen molar-refractivity contribution in [1.82, 2.24) is 9.97 Å². The van der Waals surface area contributed by atoms with E-state index in [1.54, 1.807) is 7.11 Å². The van der Waals surface area contributed by atoms with E-state index in [-0.39, 0.29) is 0 Å². The molecular weight excluding hydrogens is 358 g/mol. The lowest BCUT2D eigenvalue weighted by Gasteiger charge is -2.15. The maximum absolute atomic E-state index is 5.65. The van der Waals surface area contributed by atoms with Gasteiger partial charge >= 0.3 is 0 Å². The summed E-state index contributed by atoms with van der Waals surface area (Å²) in [6.45, 7) is 2.32. The number of fused-ring (bicyclic) bond motifs is 2. The van der Waals surface area contributed by atoms with Crippen molar-refractivity contribution in [2.75, 3.05) is 7.11 Å². The number of allylic oxidation sites excluding steroid dienone is 1. The summed E-state index contributed by atoms with van der Waals surface area (Å²) in [4.78, 5) is 11.8. The number of aliphatic imine (C=N–C) groups is 1. The molecular formula is C25H33N3O. The predicted molar refractivity (Wildman–Crippen MR) is 120 cm³/mol. The minimum absolute atomic E-state index is 0.606. The number of methoxy groups -OCH3 is 1. The van der Waals surface area contributed by atoms with Crippen LogP contribution in [0.25, 0.3) is 6.08 Å². The maximum Gasteiger partial charge on any atom is 0.146 e. The first kappa shape index (κ1) is 19.8. The lowest BCUT2D eigenvalue weighted by molar-refractivity contribution is 0.303. The Morgan fingerprint density at radius 1 is 1.17 bits per heavy atom. The smallest absolute Gasteiger partial charge is 0.146 e. The van der Waals surface area contributed by atoms with Gasteiger partial charge in [0.15, 0.2) is 0 Å². The summed E-state index contributed by atoms with van der Waals surface area (Å²) >= 11 is 0. The third kappa shape index (κ3) is 4.58. The van der Waals surface area contributed by atoms with Crippen molar-refractivity contribution in [2.24, 2.45) is 4.99 Å². The third-order valence-corrected chi connectivity index (χ3v) is 6.25. The molecule has 1 aliphatic heterocycles. The van der Waals surface area contributed by atoms with Crippen LogP contribution in [0.3, 0.4) is 0 Å². The highest BCUT2D eigenvalue weighted by Gasteiger charge is 2.21. The zero-order valence-corrected chi connectivity index (χ0v) is 17.8. The topological polar surface area (TPSA) is 53.2 Å². The first-order valence-electron chi connectivity index (χ1n) is 11.2. The number of aromatic nitrogens is 2. The van der Waals surface area contributed by atoms with Gasteiger partial charge in [0.05, 0.1) is 18.5 Å². The van der Waals surface area contributed by atoms with Crippen LogP contribution in [-0.2, 0) is 11.2 Å². The molecule has 1 unspecified atom stereocenters. The fraction of sp³-hybridized carbons (Fsp3) is 0.480. The van der Waals surface area contributed by atoms with Crippen molar-refractivity contribution in [1.29, 1.82) is 0 Å². The van der Waals surface area contributed by atoms with Gasteiger partial charge in [-0.2, -0.15) is 0 Å². The molecule has 0 amide bonds. The van der Waals surface area contributed by atoms with E-state index >= 15 is 0 Å². The molecule has 2 aromatic heterocycles. The number of nitrogens with one attached hydrogen (secondary N) is 2. The van der Waals surface area contributed by atoms with Gasteiger partial charge in [-0.1, -0.05) is 39.0 Å². The summed E-state index contributed by atoms with van der Waals surface area (Å²) in [6.07, 6.45) is 17.8. The zero-order valence-electron chi connectivity index (χ0n) is 17.8. The summed E-state index contributed by atoms with van der Waals surface area (Å²) in [5.41, 5.74) is 6.85. The molecule has 4 nitrogen and oxygen atoms in total. The van der Waals surface area contributed by atoms with Crippen molar-refractivity contribution >= 4 is 11.8 Å². The van der Waals surface area contributed by atoms with Crippen LogP contribution < -0.4 is 0 Å². The molecule has 2 aromatic rings. The van der Waals surface area contributed by atoms with Crippen LogP contribution in [0.5, 0.6) is 0 Å². The van der Waals surface area contributed by atoms with Crippen LogP contribution in [0, 0.1) is 0 Å². The van der Waals surface area contributed by atoms with Gasteiger partial charge in [0.2, 0.25) is 0 Å². The second kappa shape index (κ2) is 9.34.